The summed E-state index contributed by atoms with van der Waals surface area (Å²) in [7, 11) is 0. The van der Waals surface area contributed by atoms with Crippen LogP contribution in [0, 0.1) is 0 Å². The lowest BCUT2D eigenvalue weighted by molar-refractivity contribution is 0.0947. The van der Waals surface area contributed by atoms with Gasteiger partial charge in [0.15, 0.2) is 5.65 Å². The van der Waals surface area contributed by atoms with E-state index in [4.69, 9.17) is 0 Å². The highest BCUT2D eigenvalue weighted by Crippen LogP contribution is 2.17. The van der Waals surface area contributed by atoms with Crippen molar-refractivity contribution in [2.24, 2.45) is 0 Å². The van der Waals surface area contributed by atoms with Crippen molar-refractivity contribution in [3.63, 3.8) is 0 Å². The number of fused-ring (bicyclic) bond motifs is 1. The van der Waals surface area contributed by atoms with E-state index >= 15 is 0 Å². The molecule has 0 radical (unpaired) electrons. The molecule has 0 saturated heterocycles. The van der Waals surface area contributed by atoms with E-state index in [0.717, 1.165) is 5.52 Å². The first kappa shape index (κ1) is 12.3. The van der Waals surface area contributed by atoms with Crippen LogP contribution in [0.15, 0.2) is 18.5 Å². The second-order valence-corrected chi connectivity index (χ2v) is 5.11. The highest BCUT2D eigenvalue weighted by molar-refractivity contribution is 5.70. The minimum Gasteiger partial charge on any atom is -0.465 e. The minimum atomic E-state index is -0.960. The van der Waals surface area contributed by atoms with E-state index in [-0.39, 0.29) is 6.54 Å². The van der Waals surface area contributed by atoms with Crippen molar-refractivity contribution in [1.29, 1.82) is 0 Å². The number of H-pyrrole nitrogens is 1. The zero-order chi connectivity index (χ0) is 13.3. The fourth-order valence-electron chi connectivity index (χ4n) is 1.70. The molecule has 18 heavy (non-hydrogen) atoms. The number of aromatic nitrogens is 3. The molecule has 2 N–H and O–H groups in total. The van der Waals surface area contributed by atoms with E-state index < -0.39 is 11.6 Å². The molecule has 0 aliphatic rings. The highest BCUT2D eigenvalue weighted by Gasteiger charge is 2.26. The van der Waals surface area contributed by atoms with Crippen LogP contribution >= 0.6 is 0 Å². The van der Waals surface area contributed by atoms with Crippen molar-refractivity contribution >= 4 is 17.3 Å². The molecule has 0 unspecified atom stereocenters. The topological polar surface area (TPSA) is 82.1 Å². The molecule has 0 saturated carbocycles. The summed E-state index contributed by atoms with van der Waals surface area (Å²) < 4.78 is 0. The first-order valence-electron chi connectivity index (χ1n) is 5.67. The second kappa shape index (κ2) is 4.29. The third-order valence-corrected chi connectivity index (χ3v) is 2.67. The van der Waals surface area contributed by atoms with Gasteiger partial charge in [-0.2, -0.15) is 0 Å². The minimum absolute atomic E-state index is 0.229. The Kier molecular flexibility index (Phi) is 2.94. The molecule has 0 aliphatic heterocycles. The number of nitrogens with one attached hydrogen (secondary N) is 1. The van der Waals surface area contributed by atoms with Crippen molar-refractivity contribution in [3.8, 4) is 0 Å². The first-order chi connectivity index (χ1) is 8.38. The van der Waals surface area contributed by atoms with Crippen molar-refractivity contribution in [1.82, 2.24) is 19.9 Å². The Morgan fingerprint density at radius 2 is 2.22 bits per heavy atom. The maximum Gasteiger partial charge on any atom is 0.408 e. The average molecular weight is 248 g/mol. The Hall–Kier alpha value is -2.11. The Bertz CT molecular complexity index is 571. The van der Waals surface area contributed by atoms with E-state index in [0.29, 0.717) is 11.3 Å². The van der Waals surface area contributed by atoms with Crippen LogP contribution in [0.2, 0.25) is 0 Å². The molecule has 6 heteroatoms. The lowest BCUT2D eigenvalue weighted by Crippen LogP contribution is -2.44. The van der Waals surface area contributed by atoms with Gasteiger partial charge in [-0.1, -0.05) is 0 Å². The molecule has 2 aromatic rings. The maximum absolute atomic E-state index is 11.2. The largest absolute Gasteiger partial charge is 0.465 e. The number of hydrogen-bond donors (Lipinski definition) is 2. The summed E-state index contributed by atoms with van der Waals surface area (Å²) in [4.78, 5) is 24.1. The summed E-state index contributed by atoms with van der Waals surface area (Å²) in [6.45, 7) is 5.78. The fraction of sp³-hybridized carbons (Fsp3) is 0.417. The zero-order valence-corrected chi connectivity index (χ0v) is 10.6. The molecule has 6 nitrogen and oxygen atoms in total. The van der Waals surface area contributed by atoms with Crippen LogP contribution in [0.3, 0.4) is 0 Å². The molecular formula is C12H16N4O2. The van der Waals surface area contributed by atoms with E-state index in [1.165, 1.54) is 4.90 Å². The lowest BCUT2D eigenvalue weighted by Gasteiger charge is -2.32. The maximum atomic E-state index is 11.2. The van der Waals surface area contributed by atoms with Crippen LogP contribution in [0.25, 0.3) is 11.2 Å². The van der Waals surface area contributed by atoms with Crippen molar-refractivity contribution < 1.29 is 9.90 Å². The predicted octanol–water partition coefficient (Wildman–Crippen LogP) is 2.24. The normalized spacial score (nSPS) is 11.7. The van der Waals surface area contributed by atoms with Crippen molar-refractivity contribution in [2.75, 3.05) is 0 Å². The van der Waals surface area contributed by atoms with Gasteiger partial charge in [-0.25, -0.2) is 14.8 Å². The molecule has 2 aromatic heterocycles. The summed E-state index contributed by atoms with van der Waals surface area (Å²) >= 11 is 0. The zero-order valence-electron chi connectivity index (χ0n) is 10.6. The van der Waals surface area contributed by atoms with Crippen molar-refractivity contribution in [3.05, 3.63) is 24.2 Å². The molecule has 0 spiro atoms. The molecule has 2 heterocycles. The molecule has 0 bridgehead atoms. The molecule has 2 rings (SSSR count). The molecule has 1 amide bonds. The molecule has 0 atom stereocenters. The Morgan fingerprint density at radius 3 is 2.83 bits per heavy atom. The number of rotatable bonds is 2. The van der Waals surface area contributed by atoms with Gasteiger partial charge in [-0.05, 0) is 26.8 Å². The fourth-order valence-corrected chi connectivity index (χ4v) is 1.70. The van der Waals surface area contributed by atoms with Crippen LogP contribution in [-0.2, 0) is 6.54 Å². The van der Waals surface area contributed by atoms with Gasteiger partial charge in [0, 0.05) is 11.7 Å². The van der Waals surface area contributed by atoms with Gasteiger partial charge < -0.3 is 10.1 Å². The highest BCUT2D eigenvalue weighted by atomic mass is 16.4. The quantitative estimate of drug-likeness (QED) is 0.853. The number of hydrogen-bond acceptors (Lipinski definition) is 3. The summed E-state index contributed by atoms with van der Waals surface area (Å²) in [5.41, 5.74) is 1.61. The van der Waals surface area contributed by atoms with Gasteiger partial charge in [0.1, 0.15) is 5.52 Å². The van der Waals surface area contributed by atoms with E-state index in [2.05, 4.69) is 15.0 Å². The third-order valence-electron chi connectivity index (χ3n) is 2.67. The van der Waals surface area contributed by atoms with E-state index in [1.807, 2.05) is 26.8 Å². The van der Waals surface area contributed by atoms with Crippen LogP contribution in [-0.4, -0.2) is 36.6 Å². The summed E-state index contributed by atoms with van der Waals surface area (Å²) in [5.74, 6) is 0. The Morgan fingerprint density at radius 1 is 1.50 bits per heavy atom. The monoisotopic (exact) mass is 248 g/mol. The average Bonchev–Trinajstić information content (AvgIpc) is 2.70. The van der Waals surface area contributed by atoms with Gasteiger partial charge in [0.2, 0.25) is 0 Å². The second-order valence-electron chi connectivity index (χ2n) is 5.11. The van der Waals surface area contributed by atoms with Crippen LogP contribution < -0.4 is 0 Å². The van der Waals surface area contributed by atoms with E-state index in [1.54, 1.807) is 12.4 Å². The third kappa shape index (κ3) is 2.42. The predicted molar refractivity (Wildman–Crippen MR) is 67.2 cm³/mol. The smallest absolute Gasteiger partial charge is 0.408 e. The number of nitrogens with zero attached hydrogens (tertiary/aromatic N) is 3. The summed E-state index contributed by atoms with van der Waals surface area (Å²) in [6, 6.07) is 1.81. The number of amides is 1. The van der Waals surface area contributed by atoms with Gasteiger partial charge in [0.05, 0.1) is 18.4 Å². The van der Waals surface area contributed by atoms with Gasteiger partial charge >= 0.3 is 6.09 Å². The number of carbonyl (C=O) groups is 1. The SMILES string of the molecule is CC(C)(C)N(Cc1cnc2[nH]ccc2n1)C(=O)O. The van der Waals surface area contributed by atoms with Crippen LogP contribution in [0.1, 0.15) is 26.5 Å². The van der Waals surface area contributed by atoms with Crippen molar-refractivity contribution in [2.45, 2.75) is 32.9 Å². The van der Waals surface area contributed by atoms with E-state index in [9.17, 15) is 9.90 Å². The Balaban J connectivity index is 2.28. The standard InChI is InChI=1S/C12H16N4O2/c1-12(2,3)16(11(17)18)7-8-6-14-10-9(15-8)4-5-13-10/h4-6H,7H2,1-3H3,(H,13,14)(H,17,18). The molecule has 0 aromatic carbocycles. The summed E-state index contributed by atoms with van der Waals surface area (Å²) in [5, 5.41) is 9.22. The number of aromatic amines is 1. The Labute approximate surface area is 105 Å². The molecule has 0 aliphatic carbocycles. The van der Waals surface area contributed by atoms with Gasteiger partial charge in [0.25, 0.3) is 0 Å². The number of carboxylic acid groups (broad SMARTS) is 1. The van der Waals surface area contributed by atoms with Crippen LogP contribution in [0.5, 0.6) is 0 Å². The lowest BCUT2D eigenvalue weighted by atomic mass is 10.1. The van der Waals surface area contributed by atoms with Crippen LogP contribution in [0.4, 0.5) is 4.79 Å². The molecule has 0 fully saturated rings. The summed E-state index contributed by atoms with van der Waals surface area (Å²) in [6.07, 6.45) is 2.40. The van der Waals surface area contributed by atoms with Gasteiger partial charge in [-0.15, -0.1) is 0 Å². The van der Waals surface area contributed by atoms with Gasteiger partial charge in [-0.3, -0.25) is 4.90 Å². The first-order valence-corrected chi connectivity index (χ1v) is 5.67. The molecular weight excluding hydrogens is 232 g/mol. The molecule has 96 valence electrons.